The fourth-order valence-corrected chi connectivity index (χ4v) is 4.68. The van der Waals surface area contributed by atoms with Crippen molar-refractivity contribution < 1.29 is 23.9 Å². The number of carbonyl (C=O) groups is 3. The number of fused-ring (bicyclic) bond motifs is 1. The first-order valence-electron chi connectivity index (χ1n) is 10.3. The first kappa shape index (κ1) is 22.9. The lowest BCUT2D eigenvalue weighted by atomic mass is 10.1. The maximum absolute atomic E-state index is 12.9. The average Bonchev–Trinajstić information content (AvgIpc) is 3.40. The van der Waals surface area contributed by atoms with Gasteiger partial charge in [-0.1, -0.05) is 0 Å². The van der Waals surface area contributed by atoms with Gasteiger partial charge in [0.25, 0.3) is 5.91 Å². The highest BCUT2D eigenvalue weighted by Crippen LogP contribution is 2.37. The van der Waals surface area contributed by atoms with Gasteiger partial charge >= 0.3 is 5.97 Å². The van der Waals surface area contributed by atoms with Crippen LogP contribution in [0.2, 0.25) is 0 Å². The normalized spacial score (nSPS) is 15.1. The highest BCUT2D eigenvalue weighted by Gasteiger charge is 2.33. The summed E-state index contributed by atoms with van der Waals surface area (Å²) in [5.74, 6) is -0.574. The molecule has 2 aromatic heterocycles. The van der Waals surface area contributed by atoms with Crippen LogP contribution in [0.15, 0.2) is 29.0 Å². The van der Waals surface area contributed by atoms with Crippen molar-refractivity contribution in [1.82, 2.24) is 9.97 Å². The third-order valence-electron chi connectivity index (χ3n) is 4.81. The van der Waals surface area contributed by atoms with Crippen molar-refractivity contribution in [2.75, 3.05) is 23.4 Å². The Hall–Kier alpha value is -3.31. The summed E-state index contributed by atoms with van der Waals surface area (Å²) in [6.07, 6.45) is -0.681. The standard InChI is InChI=1S/C22H22N4O5S2/c1-4-30-20(28)8-15-10-33-22(24-15)25-19(27)9-26-17-7-14(16-11-32-13(3)23-16)5-6-18(17)31-12(2)21(26)29/h5-7,10-12H,4,8-9H2,1-3H3,(H,24,25,27). The molecule has 0 radical (unpaired) electrons. The number of thiazole rings is 2. The Bertz CT molecular complexity index is 1210. The van der Waals surface area contributed by atoms with Crippen LogP contribution in [0.4, 0.5) is 10.8 Å². The molecule has 11 heteroatoms. The first-order valence-corrected chi connectivity index (χ1v) is 12.0. The molecule has 0 aliphatic carbocycles. The van der Waals surface area contributed by atoms with Gasteiger partial charge in [-0.2, -0.15) is 0 Å². The molecular formula is C22H22N4O5S2. The van der Waals surface area contributed by atoms with Crippen molar-refractivity contribution in [3.8, 4) is 17.0 Å². The topological polar surface area (TPSA) is 111 Å². The zero-order valence-corrected chi connectivity index (χ0v) is 19.9. The second kappa shape index (κ2) is 9.67. The zero-order chi connectivity index (χ0) is 23.5. The minimum atomic E-state index is -0.714. The van der Waals surface area contributed by atoms with Gasteiger partial charge in [0.15, 0.2) is 11.2 Å². The monoisotopic (exact) mass is 486 g/mol. The highest BCUT2D eigenvalue weighted by atomic mass is 32.1. The van der Waals surface area contributed by atoms with E-state index in [-0.39, 0.29) is 24.8 Å². The molecule has 3 heterocycles. The number of esters is 1. The molecule has 4 rings (SSSR count). The van der Waals surface area contributed by atoms with Crippen LogP contribution in [0.1, 0.15) is 24.5 Å². The quantitative estimate of drug-likeness (QED) is 0.509. The Morgan fingerprint density at radius 1 is 1.24 bits per heavy atom. The average molecular weight is 487 g/mol. The smallest absolute Gasteiger partial charge is 0.311 e. The molecule has 0 saturated carbocycles. The number of benzene rings is 1. The second-order valence-corrected chi connectivity index (χ2v) is 9.21. The number of nitrogens with zero attached hydrogens (tertiary/aromatic N) is 3. The molecule has 0 spiro atoms. The van der Waals surface area contributed by atoms with E-state index in [0.717, 1.165) is 16.3 Å². The zero-order valence-electron chi connectivity index (χ0n) is 18.3. The maximum atomic E-state index is 12.9. The van der Waals surface area contributed by atoms with E-state index in [1.54, 1.807) is 25.3 Å². The number of carbonyl (C=O) groups excluding carboxylic acids is 3. The molecule has 0 fully saturated rings. The van der Waals surface area contributed by atoms with E-state index in [4.69, 9.17) is 9.47 Å². The summed E-state index contributed by atoms with van der Waals surface area (Å²) in [5, 5.41) is 7.61. The molecule has 172 valence electrons. The molecule has 33 heavy (non-hydrogen) atoms. The summed E-state index contributed by atoms with van der Waals surface area (Å²) in [5.41, 5.74) is 2.66. The molecular weight excluding hydrogens is 464 g/mol. The van der Waals surface area contributed by atoms with E-state index in [9.17, 15) is 14.4 Å². The van der Waals surface area contributed by atoms with Gasteiger partial charge in [-0.15, -0.1) is 22.7 Å². The lowest BCUT2D eigenvalue weighted by molar-refractivity contribution is -0.142. The SMILES string of the molecule is CCOC(=O)Cc1csc(NC(=O)CN2C(=O)C(C)Oc3ccc(-c4csc(C)n4)cc32)n1. The van der Waals surface area contributed by atoms with E-state index < -0.39 is 12.0 Å². The van der Waals surface area contributed by atoms with Crippen LogP contribution in [0.25, 0.3) is 11.3 Å². The number of aromatic nitrogens is 2. The number of amides is 2. The fraction of sp³-hybridized carbons (Fsp3) is 0.318. The molecule has 1 aromatic carbocycles. The molecule has 1 aliphatic rings. The molecule has 0 saturated heterocycles. The first-order chi connectivity index (χ1) is 15.8. The largest absolute Gasteiger partial charge is 0.479 e. The number of nitrogens with one attached hydrogen (secondary N) is 1. The van der Waals surface area contributed by atoms with E-state index in [0.29, 0.717) is 28.9 Å². The Balaban J connectivity index is 1.50. The van der Waals surface area contributed by atoms with Crippen LogP contribution in [0.5, 0.6) is 5.75 Å². The Morgan fingerprint density at radius 2 is 2.06 bits per heavy atom. The molecule has 1 unspecified atom stereocenters. The van der Waals surface area contributed by atoms with Crippen molar-refractivity contribution in [3.63, 3.8) is 0 Å². The summed E-state index contributed by atoms with van der Waals surface area (Å²) in [6.45, 7) is 5.40. The van der Waals surface area contributed by atoms with Crippen LogP contribution >= 0.6 is 22.7 Å². The third-order valence-corrected chi connectivity index (χ3v) is 6.39. The predicted octanol–water partition coefficient (Wildman–Crippen LogP) is 3.43. The fourth-order valence-electron chi connectivity index (χ4n) is 3.33. The van der Waals surface area contributed by atoms with Gasteiger partial charge in [0.1, 0.15) is 12.3 Å². The number of ether oxygens (including phenoxy) is 2. The summed E-state index contributed by atoms with van der Waals surface area (Å²) < 4.78 is 10.6. The minimum Gasteiger partial charge on any atom is -0.479 e. The van der Waals surface area contributed by atoms with Gasteiger partial charge in [-0.05, 0) is 39.0 Å². The van der Waals surface area contributed by atoms with Gasteiger partial charge in [0.05, 0.1) is 35.1 Å². The Labute approximate surface area is 198 Å². The van der Waals surface area contributed by atoms with Crippen molar-refractivity contribution >= 4 is 51.3 Å². The molecule has 1 aliphatic heterocycles. The Morgan fingerprint density at radius 3 is 2.79 bits per heavy atom. The van der Waals surface area contributed by atoms with Crippen molar-refractivity contribution in [2.24, 2.45) is 0 Å². The van der Waals surface area contributed by atoms with E-state index in [1.807, 2.05) is 24.4 Å². The summed E-state index contributed by atoms with van der Waals surface area (Å²) >= 11 is 2.74. The third kappa shape index (κ3) is 5.20. The van der Waals surface area contributed by atoms with Crippen molar-refractivity contribution in [2.45, 2.75) is 33.3 Å². The molecule has 9 nitrogen and oxygen atoms in total. The number of hydrogen-bond donors (Lipinski definition) is 1. The van der Waals surface area contributed by atoms with Crippen molar-refractivity contribution in [3.05, 3.63) is 39.7 Å². The van der Waals surface area contributed by atoms with Gasteiger partial charge in [-0.3, -0.25) is 19.3 Å². The molecule has 0 bridgehead atoms. The minimum absolute atomic E-state index is 0.0337. The second-order valence-electron chi connectivity index (χ2n) is 7.29. The molecule has 1 atom stereocenters. The lowest BCUT2D eigenvalue weighted by Gasteiger charge is -2.32. The van der Waals surface area contributed by atoms with E-state index >= 15 is 0 Å². The van der Waals surface area contributed by atoms with Crippen LogP contribution in [0, 0.1) is 6.92 Å². The van der Waals surface area contributed by atoms with Gasteiger partial charge < -0.3 is 14.8 Å². The molecule has 1 N–H and O–H groups in total. The lowest BCUT2D eigenvalue weighted by Crippen LogP contribution is -2.47. The number of rotatable bonds is 7. The van der Waals surface area contributed by atoms with Crippen LogP contribution in [-0.4, -0.2) is 47.0 Å². The highest BCUT2D eigenvalue weighted by molar-refractivity contribution is 7.14. The summed E-state index contributed by atoms with van der Waals surface area (Å²) in [7, 11) is 0. The van der Waals surface area contributed by atoms with E-state index in [2.05, 4.69) is 15.3 Å². The molecule has 2 amide bonds. The van der Waals surface area contributed by atoms with Crippen LogP contribution in [0.3, 0.4) is 0 Å². The predicted molar refractivity (Wildman–Crippen MR) is 126 cm³/mol. The van der Waals surface area contributed by atoms with Gasteiger partial charge in [0, 0.05) is 16.3 Å². The molecule has 3 aromatic rings. The summed E-state index contributed by atoms with van der Waals surface area (Å²) in [4.78, 5) is 47.4. The van der Waals surface area contributed by atoms with Crippen molar-refractivity contribution in [1.29, 1.82) is 0 Å². The summed E-state index contributed by atoms with van der Waals surface area (Å²) in [6, 6.07) is 5.48. The Kier molecular flexibility index (Phi) is 6.70. The van der Waals surface area contributed by atoms with Gasteiger partial charge in [0.2, 0.25) is 5.91 Å². The van der Waals surface area contributed by atoms with E-state index in [1.165, 1.54) is 27.6 Å². The number of aryl methyl sites for hydroxylation is 1. The van der Waals surface area contributed by atoms with Crippen LogP contribution in [-0.2, 0) is 25.5 Å². The number of hydrogen-bond acceptors (Lipinski definition) is 9. The van der Waals surface area contributed by atoms with Gasteiger partial charge in [-0.25, -0.2) is 9.97 Å². The maximum Gasteiger partial charge on any atom is 0.311 e. The van der Waals surface area contributed by atoms with Crippen LogP contribution < -0.4 is 15.0 Å². The number of anilines is 2.